The van der Waals surface area contributed by atoms with Crippen LogP contribution in [0.25, 0.3) is 0 Å². The van der Waals surface area contributed by atoms with Gasteiger partial charge in [0.25, 0.3) is 0 Å². The van der Waals surface area contributed by atoms with Crippen LogP contribution in [0, 0.1) is 17.1 Å². The van der Waals surface area contributed by atoms with E-state index in [1.807, 2.05) is 6.07 Å². The molecular formula is C12H16FN3O2S. The van der Waals surface area contributed by atoms with Crippen LogP contribution < -0.4 is 10.0 Å². The molecule has 0 bridgehead atoms. The fourth-order valence-electron chi connectivity index (χ4n) is 1.62. The first-order valence-electron chi connectivity index (χ1n) is 5.55. The zero-order chi connectivity index (χ0) is 14.7. The van der Waals surface area contributed by atoms with Crippen LogP contribution in [0.1, 0.15) is 19.4 Å². The van der Waals surface area contributed by atoms with E-state index in [2.05, 4.69) is 10.0 Å². The number of hydrogen-bond donors (Lipinski definition) is 2. The minimum Gasteiger partial charge on any atom is -0.383 e. The van der Waals surface area contributed by atoms with Crippen molar-refractivity contribution in [1.82, 2.24) is 4.72 Å². The number of nitrogens with zero attached hydrogens (tertiary/aromatic N) is 1. The molecule has 1 aromatic rings. The predicted molar refractivity (Wildman–Crippen MR) is 71.7 cm³/mol. The third kappa shape index (κ3) is 5.68. The van der Waals surface area contributed by atoms with E-state index in [0.29, 0.717) is 5.69 Å². The normalized spacial score (nSPS) is 11.9. The Hall–Kier alpha value is -1.65. The van der Waals surface area contributed by atoms with Gasteiger partial charge in [0.15, 0.2) is 0 Å². The second kappa shape index (κ2) is 5.55. The van der Waals surface area contributed by atoms with E-state index in [0.717, 1.165) is 12.3 Å². The van der Waals surface area contributed by atoms with E-state index >= 15 is 0 Å². The molecule has 0 aromatic heterocycles. The van der Waals surface area contributed by atoms with Crippen LogP contribution in [0.3, 0.4) is 0 Å². The number of anilines is 1. The highest BCUT2D eigenvalue weighted by Gasteiger charge is 2.21. The quantitative estimate of drug-likeness (QED) is 0.857. The van der Waals surface area contributed by atoms with Gasteiger partial charge in [0.05, 0.1) is 17.9 Å². The van der Waals surface area contributed by atoms with Gasteiger partial charge in [0, 0.05) is 17.8 Å². The molecule has 0 aliphatic carbocycles. The third-order valence-electron chi connectivity index (χ3n) is 2.22. The Kier molecular flexibility index (Phi) is 4.50. The van der Waals surface area contributed by atoms with Crippen molar-refractivity contribution in [3.8, 4) is 6.07 Å². The molecule has 19 heavy (non-hydrogen) atoms. The molecule has 0 saturated carbocycles. The number of sulfonamides is 1. The lowest BCUT2D eigenvalue weighted by Gasteiger charge is -2.25. The largest absolute Gasteiger partial charge is 0.383 e. The lowest BCUT2D eigenvalue weighted by atomic mass is 10.1. The smallest absolute Gasteiger partial charge is 0.209 e. The molecular weight excluding hydrogens is 269 g/mol. The van der Waals surface area contributed by atoms with Crippen molar-refractivity contribution in [3.63, 3.8) is 0 Å². The number of rotatable bonds is 5. The molecule has 0 atom stereocenters. The molecule has 0 aliphatic heterocycles. The summed E-state index contributed by atoms with van der Waals surface area (Å²) < 4.78 is 38.0. The summed E-state index contributed by atoms with van der Waals surface area (Å²) in [5.41, 5.74) is -0.0940. The fourth-order valence-corrected chi connectivity index (χ4v) is 2.69. The van der Waals surface area contributed by atoms with Gasteiger partial charge in [0.2, 0.25) is 10.0 Å². The molecule has 5 nitrogen and oxygen atoms in total. The van der Waals surface area contributed by atoms with Gasteiger partial charge >= 0.3 is 0 Å². The molecule has 0 heterocycles. The number of benzene rings is 1. The van der Waals surface area contributed by atoms with Gasteiger partial charge in [-0.3, -0.25) is 0 Å². The summed E-state index contributed by atoms with van der Waals surface area (Å²) in [6.07, 6.45) is 1.07. The Balaban J connectivity index is 2.77. The molecule has 0 amide bonds. The van der Waals surface area contributed by atoms with E-state index in [1.165, 1.54) is 12.1 Å². The summed E-state index contributed by atoms with van der Waals surface area (Å²) in [7, 11) is -3.32. The summed E-state index contributed by atoms with van der Waals surface area (Å²) in [4.78, 5) is 0. The summed E-state index contributed by atoms with van der Waals surface area (Å²) in [6.45, 7) is 3.66. The van der Waals surface area contributed by atoms with Crippen LogP contribution >= 0.6 is 0 Å². The maximum absolute atomic E-state index is 13.2. The van der Waals surface area contributed by atoms with Crippen LogP contribution in [0.2, 0.25) is 0 Å². The van der Waals surface area contributed by atoms with E-state index in [1.54, 1.807) is 13.8 Å². The zero-order valence-electron chi connectivity index (χ0n) is 11.0. The molecule has 2 N–H and O–H groups in total. The molecule has 0 saturated heterocycles. The Labute approximate surface area is 112 Å². The first-order valence-corrected chi connectivity index (χ1v) is 7.44. The average molecular weight is 285 g/mol. The average Bonchev–Trinajstić information content (AvgIpc) is 2.22. The van der Waals surface area contributed by atoms with E-state index in [4.69, 9.17) is 5.26 Å². The lowest BCUT2D eigenvalue weighted by molar-refractivity contribution is 0.476. The van der Waals surface area contributed by atoms with Crippen LogP contribution in [-0.2, 0) is 10.0 Å². The van der Waals surface area contributed by atoms with Crippen molar-refractivity contribution < 1.29 is 12.8 Å². The van der Waals surface area contributed by atoms with Gasteiger partial charge in [-0.2, -0.15) is 5.26 Å². The number of nitriles is 1. The number of halogens is 1. The second-order valence-corrected chi connectivity index (χ2v) is 6.70. The minimum absolute atomic E-state index is 0.205. The molecule has 104 valence electrons. The summed E-state index contributed by atoms with van der Waals surface area (Å²) in [5.74, 6) is -0.518. The minimum atomic E-state index is -3.32. The van der Waals surface area contributed by atoms with Crippen LogP contribution in [0.5, 0.6) is 0 Å². The number of hydrogen-bond acceptors (Lipinski definition) is 4. The highest BCUT2D eigenvalue weighted by Crippen LogP contribution is 2.15. The summed E-state index contributed by atoms with van der Waals surface area (Å²) >= 11 is 0. The van der Waals surface area contributed by atoms with Crippen molar-refractivity contribution in [1.29, 1.82) is 5.26 Å². The van der Waals surface area contributed by atoms with E-state index < -0.39 is 21.4 Å². The molecule has 0 unspecified atom stereocenters. The Morgan fingerprint density at radius 2 is 2.00 bits per heavy atom. The summed E-state index contributed by atoms with van der Waals surface area (Å²) in [6, 6.07) is 5.73. The maximum Gasteiger partial charge on any atom is 0.209 e. The topological polar surface area (TPSA) is 82.0 Å². The zero-order valence-corrected chi connectivity index (χ0v) is 11.8. The Morgan fingerprint density at radius 1 is 1.37 bits per heavy atom. The highest BCUT2D eigenvalue weighted by molar-refractivity contribution is 7.88. The van der Waals surface area contributed by atoms with E-state index in [-0.39, 0.29) is 12.1 Å². The highest BCUT2D eigenvalue weighted by atomic mass is 32.2. The van der Waals surface area contributed by atoms with Gasteiger partial charge in [-0.25, -0.2) is 17.5 Å². The first-order chi connectivity index (χ1) is 8.61. The van der Waals surface area contributed by atoms with Crippen molar-refractivity contribution in [2.75, 3.05) is 18.1 Å². The first kappa shape index (κ1) is 15.4. The molecule has 0 radical (unpaired) electrons. The van der Waals surface area contributed by atoms with Crippen molar-refractivity contribution in [2.24, 2.45) is 0 Å². The van der Waals surface area contributed by atoms with E-state index in [9.17, 15) is 12.8 Å². The van der Waals surface area contributed by atoms with Gasteiger partial charge in [0.1, 0.15) is 5.82 Å². The molecule has 0 fully saturated rings. The summed E-state index contributed by atoms with van der Waals surface area (Å²) in [5, 5.41) is 11.6. The standard InChI is InChI=1S/C12H16FN3O2S/c1-12(2,16-19(3,17)18)8-15-11-5-9(7-14)4-10(13)6-11/h4-6,15-16H,8H2,1-3H3. The molecule has 1 aromatic carbocycles. The van der Waals surface area contributed by atoms with Gasteiger partial charge in [-0.15, -0.1) is 0 Å². The predicted octanol–water partition coefficient (Wildman–Crippen LogP) is 1.44. The van der Waals surface area contributed by atoms with Crippen LogP contribution in [-0.4, -0.2) is 26.8 Å². The second-order valence-electron chi connectivity index (χ2n) is 4.95. The van der Waals surface area contributed by atoms with Crippen molar-refractivity contribution in [3.05, 3.63) is 29.6 Å². The lowest BCUT2D eigenvalue weighted by Crippen LogP contribution is -2.47. The van der Waals surface area contributed by atoms with Crippen molar-refractivity contribution in [2.45, 2.75) is 19.4 Å². The van der Waals surface area contributed by atoms with Crippen molar-refractivity contribution >= 4 is 15.7 Å². The Morgan fingerprint density at radius 3 is 2.53 bits per heavy atom. The SMILES string of the molecule is CC(C)(CNc1cc(F)cc(C#N)c1)NS(C)(=O)=O. The monoisotopic (exact) mass is 285 g/mol. The van der Waals surface area contributed by atoms with Gasteiger partial charge in [-0.05, 0) is 32.0 Å². The third-order valence-corrected chi connectivity index (χ3v) is 3.15. The van der Waals surface area contributed by atoms with Crippen LogP contribution in [0.4, 0.5) is 10.1 Å². The number of nitrogens with one attached hydrogen (secondary N) is 2. The maximum atomic E-state index is 13.2. The molecule has 0 aliphatic rings. The van der Waals surface area contributed by atoms with Gasteiger partial charge < -0.3 is 5.32 Å². The molecule has 1 rings (SSSR count). The van der Waals surface area contributed by atoms with Crippen LogP contribution in [0.15, 0.2) is 18.2 Å². The Bertz CT molecular complexity index is 606. The molecule has 0 spiro atoms. The molecule has 7 heteroatoms. The van der Waals surface area contributed by atoms with Gasteiger partial charge in [-0.1, -0.05) is 0 Å². The fraction of sp³-hybridized carbons (Fsp3) is 0.417.